The van der Waals surface area contributed by atoms with Gasteiger partial charge in [-0.1, -0.05) is 11.2 Å². The van der Waals surface area contributed by atoms with Gasteiger partial charge in [-0.3, -0.25) is 0 Å². The molecule has 19 heavy (non-hydrogen) atoms. The van der Waals surface area contributed by atoms with Crippen molar-refractivity contribution in [3.63, 3.8) is 0 Å². The smallest absolute Gasteiger partial charge is 0.255 e. The van der Waals surface area contributed by atoms with E-state index >= 15 is 0 Å². The van der Waals surface area contributed by atoms with E-state index in [-0.39, 0.29) is 5.89 Å². The third kappa shape index (κ3) is 3.49. The quantitative estimate of drug-likeness (QED) is 0.779. The first-order chi connectivity index (χ1) is 9.22. The number of aliphatic hydroxyl groups excluding tert-OH is 1. The van der Waals surface area contributed by atoms with Crippen molar-refractivity contribution in [3.05, 3.63) is 35.6 Å². The van der Waals surface area contributed by atoms with Gasteiger partial charge in [0, 0.05) is 18.7 Å². The zero-order valence-corrected chi connectivity index (χ0v) is 10.6. The number of hydrogen-bond acceptors (Lipinski definition) is 7. The van der Waals surface area contributed by atoms with E-state index in [2.05, 4.69) is 15.1 Å². The van der Waals surface area contributed by atoms with Crippen LogP contribution in [0.25, 0.3) is 0 Å². The average Bonchev–Trinajstić information content (AvgIpc) is 2.88. The van der Waals surface area contributed by atoms with Crippen LogP contribution in [0.5, 0.6) is 5.88 Å². The molecule has 0 amide bonds. The molecule has 7 nitrogen and oxygen atoms in total. The minimum Gasteiger partial charge on any atom is -0.481 e. The molecule has 0 aliphatic rings. The summed E-state index contributed by atoms with van der Waals surface area (Å²) in [5.74, 6) is 1.25. The first-order valence-corrected chi connectivity index (χ1v) is 5.92. The molecule has 0 radical (unpaired) electrons. The van der Waals surface area contributed by atoms with Gasteiger partial charge >= 0.3 is 0 Å². The molecule has 7 heteroatoms. The van der Waals surface area contributed by atoms with Crippen LogP contribution in [0.2, 0.25) is 0 Å². The molecule has 0 fully saturated rings. The first-order valence-electron chi connectivity index (χ1n) is 5.92. The molecule has 0 aliphatic carbocycles. The second kappa shape index (κ2) is 6.26. The maximum atomic E-state index is 9.66. The molecule has 0 spiro atoms. The molecule has 0 saturated carbocycles. The molecule has 2 aromatic heterocycles. The van der Waals surface area contributed by atoms with Crippen LogP contribution in [0.4, 0.5) is 0 Å². The lowest BCUT2D eigenvalue weighted by atomic mass is 10.2. The summed E-state index contributed by atoms with van der Waals surface area (Å²) in [6.07, 6.45) is 1.76. The fourth-order valence-electron chi connectivity index (χ4n) is 1.57. The third-order valence-corrected chi connectivity index (χ3v) is 2.58. The van der Waals surface area contributed by atoms with E-state index in [4.69, 9.17) is 15.0 Å². The molecule has 0 saturated heterocycles. The summed E-state index contributed by atoms with van der Waals surface area (Å²) in [6, 6.07) is 3.64. The third-order valence-electron chi connectivity index (χ3n) is 2.58. The van der Waals surface area contributed by atoms with Crippen molar-refractivity contribution in [2.45, 2.75) is 18.9 Å². The Morgan fingerprint density at radius 2 is 2.32 bits per heavy atom. The normalized spacial score (nSPS) is 12.4. The Morgan fingerprint density at radius 1 is 1.47 bits per heavy atom. The molecule has 0 bridgehead atoms. The van der Waals surface area contributed by atoms with Crippen LogP contribution in [0.3, 0.4) is 0 Å². The second-order valence-electron chi connectivity index (χ2n) is 4.03. The number of aliphatic hydroxyl groups is 1. The van der Waals surface area contributed by atoms with Gasteiger partial charge in [-0.05, 0) is 18.5 Å². The average molecular weight is 264 g/mol. The lowest BCUT2D eigenvalue weighted by Crippen LogP contribution is -2.07. The highest BCUT2D eigenvalue weighted by Gasteiger charge is 2.15. The van der Waals surface area contributed by atoms with Crippen molar-refractivity contribution >= 4 is 0 Å². The minimum atomic E-state index is -0.805. The number of rotatable bonds is 6. The molecule has 0 unspecified atom stereocenters. The highest BCUT2D eigenvalue weighted by molar-refractivity contribution is 5.20. The first kappa shape index (κ1) is 13.4. The van der Waals surface area contributed by atoms with Gasteiger partial charge in [-0.2, -0.15) is 4.98 Å². The molecule has 102 valence electrons. The fourth-order valence-corrected chi connectivity index (χ4v) is 1.57. The predicted molar refractivity (Wildman–Crippen MR) is 66.5 cm³/mol. The van der Waals surface area contributed by atoms with Crippen LogP contribution in [0.15, 0.2) is 22.9 Å². The van der Waals surface area contributed by atoms with Crippen LogP contribution in [0, 0.1) is 0 Å². The van der Waals surface area contributed by atoms with Crippen molar-refractivity contribution in [3.8, 4) is 5.88 Å². The molecule has 2 heterocycles. The number of methoxy groups -OCH3 is 1. The number of nitrogens with two attached hydrogens (primary N) is 1. The Kier molecular flexibility index (Phi) is 4.43. The van der Waals surface area contributed by atoms with Crippen LogP contribution in [0.1, 0.15) is 29.8 Å². The largest absolute Gasteiger partial charge is 0.481 e. The van der Waals surface area contributed by atoms with Crippen LogP contribution < -0.4 is 10.5 Å². The van der Waals surface area contributed by atoms with Crippen LogP contribution in [-0.4, -0.2) is 33.9 Å². The fraction of sp³-hybridized carbons (Fsp3) is 0.417. The maximum absolute atomic E-state index is 9.66. The van der Waals surface area contributed by atoms with Crippen LogP contribution in [-0.2, 0) is 6.42 Å². The van der Waals surface area contributed by atoms with Gasteiger partial charge in [0.05, 0.1) is 7.11 Å². The summed E-state index contributed by atoms with van der Waals surface area (Å²) in [5, 5.41) is 13.5. The van der Waals surface area contributed by atoms with Crippen molar-refractivity contribution in [1.29, 1.82) is 0 Å². The summed E-state index contributed by atoms with van der Waals surface area (Å²) < 4.78 is 9.96. The summed E-state index contributed by atoms with van der Waals surface area (Å²) >= 11 is 0. The highest BCUT2D eigenvalue weighted by Crippen LogP contribution is 2.15. The lowest BCUT2D eigenvalue weighted by molar-refractivity contribution is 0.127. The van der Waals surface area contributed by atoms with E-state index in [1.807, 2.05) is 6.07 Å². The molecule has 0 aliphatic heterocycles. The minimum absolute atomic E-state index is 0.196. The molecule has 0 aromatic carbocycles. The van der Waals surface area contributed by atoms with E-state index in [9.17, 15) is 5.11 Å². The molecule has 2 rings (SSSR count). The van der Waals surface area contributed by atoms with E-state index in [1.54, 1.807) is 19.4 Å². The van der Waals surface area contributed by atoms with Gasteiger partial charge < -0.3 is 20.1 Å². The SMILES string of the molecule is COc1ccc(Cc2noc([C@@H](O)CCN)n2)cn1. The standard InChI is InChI=1S/C12H16N4O3/c1-18-11-3-2-8(7-14-11)6-10-15-12(19-16-10)9(17)4-5-13/h2-3,7,9,17H,4-6,13H2,1H3/t9-/m0/s1. The molecule has 3 N–H and O–H groups in total. The Hall–Kier alpha value is -1.99. The Morgan fingerprint density at radius 3 is 2.95 bits per heavy atom. The molecule has 1 atom stereocenters. The predicted octanol–water partition coefficient (Wildman–Crippen LogP) is 0.446. The van der Waals surface area contributed by atoms with Gasteiger partial charge in [0.2, 0.25) is 5.88 Å². The van der Waals surface area contributed by atoms with Gasteiger partial charge in [0.25, 0.3) is 5.89 Å². The monoisotopic (exact) mass is 264 g/mol. The maximum Gasteiger partial charge on any atom is 0.255 e. The molecule has 2 aromatic rings. The zero-order valence-electron chi connectivity index (χ0n) is 10.6. The topological polar surface area (TPSA) is 107 Å². The van der Waals surface area contributed by atoms with E-state index in [1.165, 1.54) is 0 Å². The number of hydrogen-bond donors (Lipinski definition) is 2. The Bertz CT molecular complexity index is 512. The number of ether oxygens (including phenoxy) is 1. The van der Waals surface area contributed by atoms with Gasteiger partial charge in [-0.25, -0.2) is 4.98 Å². The van der Waals surface area contributed by atoms with Crippen molar-refractivity contribution in [2.24, 2.45) is 5.73 Å². The molecular weight excluding hydrogens is 248 g/mol. The zero-order chi connectivity index (χ0) is 13.7. The lowest BCUT2D eigenvalue weighted by Gasteiger charge is -2.01. The van der Waals surface area contributed by atoms with E-state index < -0.39 is 6.10 Å². The summed E-state index contributed by atoms with van der Waals surface area (Å²) in [7, 11) is 1.56. The summed E-state index contributed by atoms with van der Waals surface area (Å²) in [5.41, 5.74) is 6.29. The van der Waals surface area contributed by atoms with Crippen molar-refractivity contribution in [2.75, 3.05) is 13.7 Å². The number of aromatic nitrogens is 3. The van der Waals surface area contributed by atoms with Gasteiger partial charge in [-0.15, -0.1) is 0 Å². The van der Waals surface area contributed by atoms with Gasteiger partial charge in [0.15, 0.2) is 5.82 Å². The van der Waals surface area contributed by atoms with Crippen molar-refractivity contribution in [1.82, 2.24) is 15.1 Å². The van der Waals surface area contributed by atoms with E-state index in [0.717, 1.165) is 5.56 Å². The number of nitrogens with zero attached hydrogens (tertiary/aromatic N) is 3. The van der Waals surface area contributed by atoms with Crippen LogP contribution >= 0.6 is 0 Å². The van der Waals surface area contributed by atoms with Crippen molar-refractivity contribution < 1.29 is 14.4 Å². The Labute approximate surface area is 110 Å². The number of pyridine rings is 1. The summed E-state index contributed by atoms with van der Waals surface area (Å²) in [4.78, 5) is 8.21. The second-order valence-corrected chi connectivity index (χ2v) is 4.03. The highest BCUT2D eigenvalue weighted by atomic mass is 16.5. The molecular formula is C12H16N4O3. The van der Waals surface area contributed by atoms with E-state index in [0.29, 0.717) is 31.1 Å². The summed E-state index contributed by atoms with van der Waals surface area (Å²) in [6.45, 7) is 0.362. The Balaban J connectivity index is 2.02. The van der Waals surface area contributed by atoms with Gasteiger partial charge in [0.1, 0.15) is 6.10 Å².